The van der Waals surface area contributed by atoms with E-state index in [9.17, 15) is 0 Å². The lowest BCUT2D eigenvalue weighted by Crippen LogP contribution is -2.33. The molecule has 2 aliphatic rings. The first-order valence-electron chi connectivity index (χ1n) is 10.6. The molecule has 0 fully saturated rings. The van der Waals surface area contributed by atoms with Gasteiger partial charge in [0, 0.05) is 17.5 Å². The fourth-order valence-electron chi connectivity index (χ4n) is 4.20. The Labute approximate surface area is 182 Å². The molecular formula is C26H26N2O3. The zero-order valence-corrected chi connectivity index (χ0v) is 18.0. The van der Waals surface area contributed by atoms with Crippen molar-refractivity contribution in [3.63, 3.8) is 0 Å². The molecule has 3 aromatic rings. The van der Waals surface area contributed by atoms with Crippen molar-refractivity contribution >= 4 is 5.71 Å². The van der Waals surface area contributed by atoms with Crippen LogP contribution in [0, 0.1) is 0 Å². The molecule has 5 heteroatoms. The van der Waals surface area contributed by atoms with Crippen LogP contribution in [0.2, 0.25) is 0 Å². The van der Waals surface area contributed by atoms with Gasteiger partial charge in [-0.05, 0) is 74.0 Å². The molecule has 31 heavy (non-hydrogen) atoms. The van der Waals surface area contributed by atoms with E-state index in [4.69, 9.17) is 19.3 Å². The SMILES string of the molecule is COc1ccc(C2Oc3ccccc3C3CC(c4ccc(OC(C)C)cc4)=NN32)cc1. The number of hydrogen-bond acceptors (Lipinski definition) is 5. The first-order chi connectivity index (χ1) is 15.1. The van der Waals surface area contributed by atoms with Gasteiger partial charge in [0.05, 0.1) is 25.0 Å². The van der Waals surface area contributed by atoms with E-state index < -0.39 is 0 Å². The summed E-state index contributed by atoms with van der Waals surface area (Å²) in [7, 11) is 1.67. The van der Waals surface area contributed by atoms with Crippen molar-refractivity contribution in [1.82, 2.24) is 5.01 Å². The maximum absolute atomic E-state index is 6.41. The molecule has 0 saturated heterocycles. The molecule has 5 nitrogen and oxygen atoms in total. The van der Waals surface area contributed by atoms with Crippen molar-refractivity contribution in [3.05, 3.63) is 89.5 Å². The van der Waals surface area contributed by atoms with Gasteiger partial charge in [-0.25, -0.2) is 5.01 Å². The monoisotopic (exact) mass is 414 g/mol. The topological polar surface area (TPSA) is 43.3 Å². The van der Waals surface area contributed by atoms with Gasteiger partial charge in [0.25, 0.3) is 0 Å². The summed E-state index contributed by atoms with van der Waals surface area (Å²) in [5, 5.41) is 7.12. The molecular weight excluding hydrogens is 388 g/mol. The Morgan fingerprint density at radius 2 is 1.65 bits per heavy atom. The predicted molar refractivity (Wildman–Crippen MR) is 121 cm³/mol. The molecule has 0 spiro atoms. The second kappa shape index (κ2) is 7.99. The van der Waals surface area contributed by atoms with E-state index in [0.29, 0.717) is 0 Å². The zero-order valence-electron chi connectivity index (χ0n) is 18.0. The smallest absolute Gasteiger partial charge is 0.213 e. The second-order valence-electron chi connectivity index (χ2n) is 8.12. The Morgan fingerprint density at radius 3 is 2.35 bits per heavy atom. The van der Waals surface area contributed by atoms with Crippen molar-refractivity contribution in [3.8, 4) is 17.2 Å². The van der Waals surface area contributed by atoms with Crippen molar-refractivity contribution in [2.24, 2.45) is 5.10 Å². The number of para-hydroxylation sites is 1. The molecule has 0 amide bonds. The van der Waals surface area contributed by atoms with E-state index in [1.54, 1.807) is 7.11 Å². The van der Waals surface area contributed by atoms with Gasteiger partial charge in [0.1, 0.15) is 17.2 Å². The van der Waals surface area contributed by atoms with Gasteiger partial charge < -0.3 is 14.2 Å². The summed E-state index contributed by atoms with van der Waals surface area (Å²) in [6, 6.07) is 24.6. The van der Waals surface area contributed by atoms with Crippen LogP contribution in [0.15, 0.2) is 77.9 Å². The van der Waals surface area contributed by atoms with Crippen LogP contribution < -0.4 is 14.2 Å². The minimum Gasteiger partial charge on any atom is -0.497 e. The highest BCUT2D eigenvalue weighted by Gasteiger charge is 2.40. The fraction of sp³-hybridized carbons (Fsp3) is 0.269. The normalized spacial score (nSPS) is 19.4. The van der Waals surface area contributed by atoms with Crippen molar-refractivity contribution in [1.29, 1.82) is 0 Å². The Hall–Kier alpha value is -3.47. The standard InChI is InChI=1S/C26H26N2O3/c1-17(2)30-21-14-8-18(9-15-21)23-16-24-22-6-4-5-7-25(22)31-26(28(24)27-23)19-10-12-20(29-3)13-11-19/h4-15,17,24,26H,16H2,1-3H3. The number of hydrogen-bond donors (Lipinski definition) is 0. The van der Waals surface area contributed by atoms with Crippen LogP contribution in [0.4, 0.5) is 0 Å². The van der Waals surface area contributed by atoms with Crippen LogP contribution in [-0.4, -0.2) is 23.9 Å². The van der Waals surface area contributed by atoms with Gasteiger partial charge >= 0.3 is 0 Å². The Morgan fingerprint density at radius 1 is 0.935 bits per heavy atom. The summed E-state index contributed by atoms with van der Waals surface area (Å²) in [5.41, 5.74) is 4.38. The summed E-state index contributed by atoms with van der Waals surface area (Å²) in [6.45, 7) is 4.06. The van der Waals surface area contributed by atoms with Crippen LogP contribution in [0.1, 0.15) is 49.2 Å². The van der Waals surface area contributed by atoms with Gasteiger partial charge in [0.2, 0.25) is 6.23 Å². The first kappa shape index (κ1) is 19.5. The maximum Gasteiger partial charge on any atom is 0.213 e. The molecule has 0 aromatic heterocycles. The number of nitrogens with zero attached hydrogens (tertiary/aromatic N) is 2. The number of fused-ring (bicyclic) bond motifs is 3. The number of benzene rings is 3. The largest absolute Gasteiger partial charge is 0.497 e. The summed E-state index contributed by atoms with van der Waals surface area (Å²) in [5.74, 6) is 2.62. The minimum atomic E-state index is -0.285. The predicted octanol–water partition coefficient (Wildman–Crippen LogP) is 5.72. The number of hydrazone groups is 1. The first-order valence-corrected chi connectivity index (χ1v) is 10.6. The third-order valence-electron chi connectivity index (χ3n) is 5.66. The van der Waals surface area contributed by atoms with Gasteiger partial charge in [-0.2, -0.15) is 5.10 Å². The van der Waals surface area contributed by atoms with Gasteiger partial charge in [-0.3, -0.25) is 0 Å². The fourth-order valence-corrected chi connectivity index (χ4v) is 4.20. The van der Waals surface area contributed by atoms with Crippen molar-refractivity contribution in [2.45, 2.75) is 38.6 Å². The average Bonchev–Trinajstić information content (AvgIpc) is 3.24. The molecule has 3 aromatic carbocycles. The average molecular weight is 415 g/mol. The highest BCUT2D eigenvalue weighted by Crippen LogP contribution is 2.47. The Balaban J connectivity index is 1.49. The highest BCUT2D eigenvalue weighted by atomic mass is 16.5. The molecule has 0 radical (unpaired) electrons. The van der Waals surface area contributed by atoms with E-state index in [1.807, 2.05) is 62.4 Å². The lowest BCUT2D eigenvalue weighted by Gasteiger charge is -2.38. The molecule has 0 saturated carbocycles. The number of rotatable bonds is 5. The van der Waals surface area contributed by atoms with Gasteiger partial charge in [-0.15, -0.1) is 0 Å². The molecule has 0 N–H and O–H groups in total. The summed E-state index contributed by atoms with van der Waals surface area (Å²) in [6.07, 6.45) is 0.701. The Kier molecular flexibility index (Phi) is 5.02. The van der Waals surface area contributed by atoms with Gasteiger partial charge in [0.15, 0.2) is 0 Å². The second-order valence-corrected chi connectivity index (χ2v) is 8.12. The summed E-state index contributed by atoms with van der Waals surface area (Å²) >= 11 is 0. The van der Waals surface area contributed by atoms with Crippen molar-refractivity contribution in [2.75, 3.05) is 7.11 Å². The summed E-state index contributed by atoms with van der Waals surface area (Å²) < 4.78 is 17.5. The number of ether oxygens (including phenoxy) is 3. The molecule has 2 unspecified atom stereocenters. The van der Waals surface area contributed by atoms with E-state index >= 15 is 0 Å². The highest BCUT2D eigenvalue weighted by molar-refractivity contribution is 6.02. The molecule has 2 atom stereocenters. The molecule has 158 valence electrons. The summed E-state index contributed by atoms with van der Waals surface area (Å²) in [4.78, 5) is 0. The Bertz CT molecular complexity index is 1090. The molecule has 2 heterocycles. The van der Waals surface area contributed by atoms with E-state index in [-0.39, 0.29) is 18.4 Å². The molecule has 5 rings (SSSR count). The van der Waals surface area contributed by atoms with Gasteiger partial charge in [-0.1, -0.05) is 18.2 Å². The lowest BCUT2D eigenvalue weighted by molar-refractivity contribution is -0.0190. The minimum absolute atomic E-state index is 0.138. The molecule has 0 bridgehead atoms. The molecule has 0 aliphatic carbocycles. The van der Waals surface area contributed by atoms with Crippen LogP contribution >= 0.6 is 0 Å². The van der Waals surface area contributed by atoms with E-state index in [0.717, 1.165) is 40.5 Å². The third kappa shape index (κ3) is 3.72. The van der Waals surface area contributed by atoms with Crippen LogP contribution in [-0.2, 0) is 0 Å². The van der Waals surface area contributed by atoms with E-state index in [2.05, 4.69) is 29.3 Å². The van der Waals surface area contributed by atoms with Crippen LogP contribution in [0.3, 0.4) is 0 Å². The quantitative estimate of drug-likeness (QED) is 0.535. The third-order valence-corrected chi connectivity index (χ3v) is 5.66. The lowest BCUT2D eigenvalue weighted by atomic mass is 9.96. The van der Waals surface area contributed by atoms with Crippen LogP contribution in [0.5, 0.6) is 17.2 Å². The zero-order chi connectivity index (χ0) is 21.4. The number of methoxy groups -OCH3 is 1. The van der Waals surface area contributed by atoms with Crippen molar-refractivity contribution < 1.29 is 14.2 Å². The molecule has 2 aliphatic heterocycles. The van der Waals surface area contributed by atoms with Crippen LogP contribution in [0.25, 0.3) is 0 Å². The maximum atomic E-state index is 6.41. The van der Waals surface area contributed by atoms with E-state index in [1.165, 1.54) is 5.56 Å².